The number of hydrogen-bond acceptors (Lipinski definition) is 2. The minimum Gasteiger partial charge on any atom is -1.00 e. The van der Waals surface area contributed by atoms with Crippen molar-refractivity contribution in [3.05, 3.63) is 29.8 Å². The molecule has 1 rings (SSSR count). The van der Waals surface area contributed by atoms with E-state index in [9.17, 15) is 4.79 Å². The van der Waals surface area contributed by atoms with Gasteiger partial charge in [0.15, 0.2) is 0 Å². The monoisotopic (exact) mass is 392 g/mol. The summed E-state index contributed by atoms with van der Waals surface area (Å²) < 4.78 is 6.35. The molecule has 0 aromatic heterocycles. The first kappa shape index (κ1) is 19.2. The number of rotatable bonds is 5. The van der Waals surface area contributed by atoms with Gasteiger partial charge in [0.25, 0.3) is 0 Å². The van der Waals surface area contributed by atoms with Gasteiger partial charge in [-0.15, -0.1) is 0 Å². The van der Waals surface area contributed by atoms with E-state index in [0.717, 1.165) is 29.7 Å². The molecule has 0 spiro atoms. The van der Waals surface area contributed by atoms with Crippen molar-refractivity contribution in [3.8, 4) is 5.75 Å². The maximum Gasteiger partial charge on any atom is 0.414 e. The van der Waals surface area contributed by atoms with Crippen molar-refractivity contribution in [3.63, 3.8) is 0 Å². The molecular weight excluding hydrogens is 367 g/mol. The normalized spacial score (nSPS) is 10.7. The predicted molar refractivity (Wildman–Crippen MR) is 77.1 cm³/mol. The van der Waals surface area contributed by atoms with Crippen LogP contribution in [0.5, 0.6) is 5.75 Å². The van der Waals surface area contributed by atoms with Crippen LogP contribution in [0.1, 0.15) is 19.4 Å². The first-order chi connectivity index (χ1) is 8.91. The molecule has 0 bridgehead atoms. The Kier molecular flexibility index (Phi) is 8.12. The molecule has 0 heterocycles. The zero-order valence-electron chi connectivity index (χ0n) is 13.0. The molecule has 0 saturated heterocycles. The Bertz CT molecular complexity index is 432. The molecule has 0 aliphatic carbocycles. The van der Waals surface area contributed by atoms with Gasteiger partial charge in [-0.2, -0.15) is 0 Å². The fourth-order valence-corrected chi connectivity index (χ4v) is 1.78. The Morgan fingerprint density at radius 3 is 2.25 bits per heavy atom. The lowest BCUT2D eigenvalue weighted by atomic mass is 10.1. The van der Waals surface area contributed by atoms with E-state index < -0.39 is 0 Å². The van der Waals surface area contributed by atoms with Crippen LogP contribution in [0.25, 0.3) is 0 Å². The van der Waals surface area contributed by atoms with Crippen molar-refractivity contribution < 1.29 is 38.0 Å². The van der Waals surface area contributed by atoms with E-state index in [-0.39, 0.29) is 30.1 Å². The maximum atomic E-state index is 11.7. The molecule has 20 heavy (non-hydrogen) atoms. The van der Waals surface area contributed by atoms with Crippen LogP contribution in [0, 0.1) is 0 Å². The smallest absolute Gasteiger partial charge is 0.414 e. The van der Waals surface area contributed by atoms with Gasteiger partial charge < -0.3 is 38.1 Å². The zero-order valence-corrected chi connectivity index (χ0v) is 15.2. The Labute approximate surface area is 139 Å². The first-order valence-electron chi connectivity index (χ1n) is 6.72. The molecule has 1 aromatic carbocycles. The zero-order chi connectivity index (χ0) is 14.5. The van der Waals surface area contributed by atoms with Crippen LogP contribution < -0.4 is 28.7 Å². The number of amides is 1. The molecule has 0 unspecified atom stereocenters. The number of quaternary nitrogens is 1. The third-order valence-electron chi connectivity index (χ3n) is 3.61. The number of carbonyl (C=O) groups is 1. The molecule has 1 amide bonds. The van der Waals surface area contributed by atoms with Crippen LogP contribution in [0.15, 0.2) is 24.3 Å². The average molecular weight is 392 g/mol. The second-order valence-electron chi connectivity index (χ2n) is 5.28. The van der Waals surface area contributed by atoms with E-state index in [1.165, 1.54) is 4.90 Å². The molecule has 0 fully saturated rings. The molecule has 114 valence electrons. The number of hydrogen-bond donors (Lipinski definition) is 0. The quantitative estimate of drug-likeness (QED) is 0.511. The highest BCUT2D eigenvalue weighted by Gasteiger charge is 2.20. The van der Waals surface area contributed by atoms with Crippen LogP contribution in [-0.4, -0.2) is 49.7 Å². The predicted octanol–water partition coefficient (Wildman–Crippen LogP) is -0.263. The summed E-state index contributed by atoms with van der Waals surface area (Å²) in [4.78, 5) is 13.1. The van der Waals surface area contributed by atoms with Gasteiger partial charge in [0.2, 0.25) is 0 Å². The summed E-state index contributed by atoms with van der Waals surface area (Å²) in [6.07, 6.45) is -0.338. The summed E-state index contributed by atoms with van der Waals surface area (Å²) in [5.74, 6) is 0.660. The maximum absolute atomic E-state index is 11.7. The van der Waals surface area contributed by atoms with Gasteiger partial charge in [-0.3, -0.25) is 0 Å². The summed E-state index contributed by atoms with van der Waals surface area (Å²) in [6, 6.07) is 7.76. The van der Waals surface area contributed by atoms with Crippen molar-refractivity contribution >= 4 is 6.09 Å². The molecule has 0 saturated carbocycles. The van der Waals surface area contributed by atoms with Crippen molar-refractivity contribution in [1.82, 2.24) is 4.90 Å². The molecule has 0 radical (unpaired) electrons. The molecule has 0 N–H and O–H groups in total. The summed E-state index contributed by atoms with van der Waals surface area (Å²) in [6.45, 7) is 7.32. The van der Waals surface area contributed by atoms with Gasteiger partial charge in [-0.25, -0.2) is 4.79 Å². The van der Waals surface area contributed by atoms with E-state index in [1.54, 1.807) is 14.1 Å². The average Bonchev–Trinajstić information content (AvgIpc) is 2.40. The highest BCUT2D eigenvalue weighted by atomic mass is 127. The van der Waals surface area contributed by atoms with Crippen molar-refractivity contribution in [1.29, 1.82) is 0 Å². The summed E-state index contributed by atoms with van der Waals surface area (Å²) >= 11 is 0. The van der Waals surface area contributed by atoms with Gasteiger partial charge in [0, 0.05) is 19.7 Å². The van der Waals surface area contributed by atoms with E-state index in [4.69, 9.17) is 4.74 Å². The summed E-state index contributed by atoms with van der Waals surface area (Å²) in [5, 5.41) is 0. The van der Waals surface area contributed by atoms with Gasteiger partial charge in [0.05, 0.1) is 20.1 Å². The van der Waals surface area contributed by atoms with Gasteiger partial charge >= 0.3 is 6.09 Å². The van der Waals surface area contributed by atoms with Gasteiger partial charge in [-0.1, -0.05) is 12.1 Å². The lowest BCUT2D eigenvalue weighted by molar-refractivity contribution is -0.919. The second-order valence-corrected chi connectivity index (χ2v) is 5.28. The highest BCUT2D eigenvalue weighted by molar-refractivity contribution is 5.70. The van der Waals surface area contributed by atoms with Crippen LogP contribution in [0.4, 0.5) is 4.79 Å². The minimum absolute atomic E-state index is 0. The van der Waals surface area contributed by atoms with Crippen LogP contribution >= 0.6 is 0 Å². The second kappa shape index (κ2) is 8.46. The summed E-state index contributed by atoms with van der Waals surface area (Å²) in [7, 11) is 5.58. The number of nitrogens with zero attached hydrogens (tertiary/aromatic N) is 2. The number of para-hydroxylation sites is 1. The van der Waals surface area contributed by atoms with Crippen molar-refractivity contribution in [2.75, 3.05) is 34.2 Å². The number of ether oxygens (including phenoxy) is 1. The Hall–Kier alpha value is -0.820. The minimum atomic E-state index is -0.338. The van der Waals surface area contributed by atoms with Gasteiger partial charge in [0.1, 0.15) is 12.3 Å². The Morgan fingerprint density at radius 1 is 1.20 bits per heavy atom. The molecule has 0 aliphatic rings. The topological polar surface area (TPSA) is 29.5 Å². The third kappa shape index (κ3) is 5.28. The lowest BCUT2D eigenvalue weighted by Crippen LogP contribution is -3.00. The van der Waals surface area contributed by atoms with E-state index in [2.05, 4.69) is 20.9 Å². The Balaban J connectivity index is 0.00000361. The molecule has 5 heteroatoms. The number of carbonyl (C=O) groups excluding carboxylic acids is 1. The molecule has 0 aliphatic heterocycles. The standard InChI is InChI=1S/C15H25N2O2.HI/c1-6-17(5,7-2)12-13-10-8-9-11-14(13)19-15(18)16(3)4;/h8-11H,6-7,12H2,1-5H3;1H/q+1;/p-1. The van der Waals surface area contributed by atoms with E-state index in [0.29, 0.717) is 5.75 Å². The number of benzene rings is 1. The van der Waals surface area contributed by atoms with Crippen LogP contribution in [-0.2, 0) is 6.54 Å². The Morgan fingerprint density at radius 2 is 1.75 bits per heavy atom. The van der Waals surface area contributed by atoms with Gasteiger partial charge in [-0.05, 0) is 26.0 Å². The molecule has 4 nitrogen and oxygen atoms in total. The van der Waals surface area contributed by atoms with Crippen LogP contribution in [0.2, 0.25) is 0 Å². The third-order valence-corrected chi connectivity index (χ3v) is 3.61. The fourth-order valence-electron chi connectivity index (χ4n) is 1.78. The molecular formula is C15H25IN2O2. The molecule has 0 atom stereocenters. The fraction of sp³-hybridized carbons (Fsp3) is 0.533. The van der Waals surface area contributed by atoms with Crippen LogP contribution in [0.3, 0.4) is 0 Å². The molecule has 1 aromatic rings. The first-order valence-corrected chi connectivity index (χ1v) is 6.72. The lowest BCUT2D eigenvalue weighted by Gasteiger charge is -2.32. The SMILES string of the molecule is CC[N+](C)(CC)Cc1ccccc1OC(=O)N(C)C.[I-]. The highest BCUT2D eigenvalue weighted by Crippen LogP contribution is 2.22. The largest absolute Gasteiger partial charge is 1.00 e. The van der Waals surface area contributed by atoms with E-state index in [1.807, 2.05) is 24.3 Å². The van der Waals surface area contributed by atoms with Crippen molar-refractivity contribution in [2.45, 2.75) is 20.4 Å². The van der Waals surface area contributed by atoms with Crippen molar-refractivity contribution in [2.24, 2.45) is 0 Å². The van der Waals surface area contributed by atoms with E-state index >= 15 is 0 Å². The summed E-state index contributed by atoms with van der Waals surface area (Å²) in [5.41, 5.74) is 1.07. The number of halogens is 1.